The van der Waals surface area contributed by atoms with Gasteiger partial charge >= 0.3 is 11.9 Å². The van der Waals surface area contributed by atoms with Crippen molar-refractivity contribution in [2.75, 3.05) is 20.3 Å². The fraction of sp³-hybridized carbons (Fsp3) is 0.680. The van der Waals surface area contributed by atoms with E-state index in [1.54, 1.807) is 12.1 Å². The molecule has 1 atom stereocenters. The van der Waals surface area contributed by atoms with Gasteiger partial charge in [0.2, 0.25) is 0 Å². The van der Waals surface area contributed by atoms with Crippen molar-refractivity contribution in [3.8, 4) is 11.5 Å². The Morgan fingerprint density at radius 1 is 0.969 bits per heavy atom. The van der Waals surface area contributed by atoms with Crippen molar-refractivity contribution in [2.45, 2.75) is 90.0 Å². The summed E-state index contributed by atoms with van der Waals surface area (Å²) in [6, 6.07) is 3.91. The number of hydrogen-bond donors (Lipinski definition) is 2. The lowest BCUT2D eigenvalue weighted by atomic mass is 10.1. The minimum atomic E-state index is -0.976. The van der Waals surface area contributed by atoms with Gasteiger partial charge in [0.25, 0.3) is 0 Å². The molecule has 0 aliphatic heterocycles. The molecule has 0 unspecified atom stereocenters. The number of nitrogens with two attached hydrogens (primary N) is 1. The third kappa shape index (κ3) is 12.5. The Morgan fingerprint density at radius 3 is 2.22 bits per heavy atom. The Bertz CT molecular complexity index is 664. The second-order valence-corrected chi connectivity index (χ2v) is 8.15. The molecule has 1 aromatic rings. The summed E-state index contributed by atoms with van der Waals surface area (Å²) in [6.07, 6.45) is 12.7. The van der Waals surface area contributed by atoms with E-state index in [4.69, 9.17) is 19.9 Å². The summed E-state index contributed by atoms with van der Waals surface area (Å²) < 4.78 is 15.3. The Hall–Kier alpha value is -2.28. The standard InChI is InChI=1S/C25H41NO6/c1-3-4-5-6-7-8-9-10-11-12-17-31-25(29)21(26)19-32-24(28)16-14-20-13-15-22(27)23(18-20)30-2/h13,15,18,21,27H,3-12,14,16-17,19,26H2,1-2H3/t21-/m0/s1. The van der Waals surface area contributed by atoms with Crippen molar-refractivity contribution in [2.24, 2.45) is 5.73 Å². The van der Waals surface area contributed by atoms with Gasteiger partial charge in [-0.1, -0.05) is 70.8 Å². The number of aromatic hydroxyl groups is 1. The van der Waals surface area contributed by atoms with Crippen LogP contribution in [0.2, 0.25) is 0 Å². The van der Waals surface area contributed by atoms with E-state index in [1.807, 2.05) is 0 Å². The third-order valence-electron chi connectivity index (χ3n) is 5.33. The van der Waals surface area contributed by atoms with Gasteiger partial charge in [0, 0.05) is 6.42 Å². The number of benzene rings is 1. The molecule has 0 aromatic heterocycles. The molecule has 0 saturated heterocycles. The molecule has 0 bridgehead atoms. The smallest absolute Gasteiger partial charge is 0.326 e. The molecule has 0 fully saturated rings. The quantitative estimate of drug-likeness (QED) is 0.247. The monoisotopic (exact) mass is 451 g/mol. The number of hydrogen-bond acceptors (Lipinski definition) is 7. The van der Waals surface area contributed by atoms with Gasteiger partial charge in [0.1, 0.15) is 12.6 Å². The van der Waals surface area contributed by atoms with Gasteiger partial charge in [-0.3, -0.25) is 9.59 Å². The Labute approximate surface area is 192 Å². The Balaban J connectivity index is 2.06. The van der Waals surface area contributed by atoms with Gasteiger partial charge in [-0.25, -0.2) is 0 Å². The maximum Gasteiger partial charge on any atom is 0.326 e. The zero-order chi connectivity index (χ0) is 23.6. The predicted octanol–water partition coefficient (Wildman–Crippen LogP) is 4.67. The van der Waals surface area contributed by atoms with Crippen LogP contribution in [0.4, 0.5) is 0 Å². The van der Waals surface area contributed by atoms with Crippen LogP contribution in [-0.2, 0) is 25.5 Å². The number of phenols is 1. The van der Waals surface area contributed by atoms with Crippen LogP contribution >= 0.6 is 0 Å². The molecule has 0 aliphatic rings. The van der Waals surface area contributed by atoms with Crippen molar-refractivity contribution < 1.29 is 28.9 Å². The highest BCUT2D eigenvalue weighted by Gasteiger charge is 2.17. The number of aryl methyl sites for hydroxylation is 1. The van der Waals surface area contributed by atoms with Gasteiger partial charge in [-0.2, -0.15) is 0 Å². The molecular weight excluding hydrogens is 410 g/mol. The Morgan fingerprint density at radius 2 is 1.59 bits per heavy atom. The molecule has 182 valence electrons. The summed E-state index contributed by atoms with van der Waals surface area (Å²) >= 11 is 0. The van der Waals surface area contributed by atoms with Crippen LogP contribution in [0.5, 0.6) is 11.5 Å². The fourth-order valence-corrected chi connectivity index (χ4v) is 3.32. The highest BCUT2D eigenvalue weighted by atomic mass is 16.6. The second-order valence-electron chi connectivity index (χ2n) is 8.15. The van der Waals surface area contributed by atoms with Crippen molar-refractivity contribution in [3.63, 3.8) is 0 Å². The first-order chi connectivity index (χ1) is 15.5. The van der Waals surface area contributed by atoms with Crippen LogP contribution in [0.3, 0.4) is 0 Å². The number of phenolic OH excluding ortho intramolecular Hbond substituents is 1. The van der Waals surface area contributed by atoms with E-state index in [9.17, 15) is 14.7 Å². The highest BCUT2D eigenvalue weighted by Crippen LogP contribution is 2.26. The molecule has 0 amide bonds. The molecule has 0 aliphatic carbocycles. The molecule has 0 heterocycles. The fourth-order valence-electron chi connectivity index (χ4n) is 3.32. The molecule has 7 nitrogen and oxygen atoms in total. The molecule has 0 radical (unpaired) electrons. The van der Waals surface area contributed by atoms with Gasteiger partial charge in [-0.05, 0) is 30.5 Å². The van der Waals surface area contributed by atoms with E-state index in [0.29, 0.717) is 18.8 Å². The van der Waals surface area contributed by atoms with Crippen LogP contribution in [0.25, 0.3) is 0 Å². The average molecular weight is 452 g/mol. The number of rotatable bonds is 18. The molecule has 3 N–H and O–H groups in total. The van der Waals surface area contributed by atoms with E-state index in [2.05, 4.69) is 6.92 Å². The van der Waals surface area contributed by atoms with Crippen LogP contribution in [0, 0.1) is 0 Å². The highest BCUT2D eigenvalue weighted by molar-refractivity contribution is 5.76. The lowest BCUT2D eigenvalue weighted by Crippen LogP contribution is -2.37. The van der Waals surface area contributed by atoms with Crippen LogP contribution in [0.1, 0.15) is 83.1 Å². The van der Waals surface area contributed by atoms with E-state index in [0.717, 1.165) is 24.8 Å². The van der Waals surface area contributed by atoms with Crippen LogP contribution in [-0.4, -0.2) is 43.4 Å². The summed E-state index contributed by atoms with van der Waals surface area (Å²) in [5.41, 5.74) is 6.59. The van der Waals surface area contributed by atoms with Gasteiger partial charge in [0.05, 0.1) is 13.7 Å². The molecule has 32 heavy (non-hydrogen) atoms. The normalized spacial score (nSPS) is 11.7. The van der Waals surface area contributed by atoms with E-state index in [1.165, 1.54) is 58.1 Å². The molecular formula is C25H41NO6. The van der Waals surface area contributed by atoms with E-state index >= 15 is 0 Å². The SMILES string of the molecule is CCCCCCCCCCCCOC(=O)[C@@H](N)COC(=O)CCc1ccc(O)c(OC)c1. The zero-order valence-electron chi connectivity index (χ0n) is 19.8. The first-order valence-corrected chi connectivity index (χ1v) is 11.9. The van der Waals surface area contributed by atoms with E-state index in [-0.39, 0.29) is 18.8 Å². The van der Waals surface area contributed by atoms with Crippen LogP contribution in [0.15, 0.2) is 18.2 Å². The minimum Gasteiger partial charge on any atom is -0.504 e. The number of esters is 2. The summed E-state index contributed by atoms with van der Waals surface area (Å²) in [5, 5.41) is 9.59. The predicted molar refractivity (Wildman–Crippen MR) is 125 cm³/mol. The van der Waals surface area contributed by atoms with Crippen molar-refractivity contribution in [1.82, 2.24) is 0 Å². The van der Waals surface area contributed by atoms with Gasteiger partial charge in [0.15, 0.2) is 11.5 Å². The minimum absolute atomic E-state index is 0.0427. The first-order valence-electron chi connectivity index (χ1n) is 11.9. The van der Waals surface area contributed by atoms with Crippen molar-refractivity contribution >= 4 is 11.9 Å². The molecule has 1 aromatic carbocycles. The van der Waals surface area contributed by atoms with Crippen molar-refractivity contribution in [1.29, 1.82) is 0 Å². The topological polar surface area (TPSA) is 108 Å². The maximum absolute atomic E-state index is 11.9. The number of ether oxygens (including phenoxy) is 3. The van der Waals surface area contributed by atoms with Gasteiger partial charge in [-0.15, -0.1) is 0 Å². The van der Waals surface area contributed by atoms with E-state index < -0.39 is 18.0 Å². The lowest BCUT2D eigenvalue weighted by Gasteiger charge is -2.12. The van der Waals surface area contributed by atoms with Crippen LogP contribution < -0.4 is 10.5 Å². The number of carbonyl (C=O) groups excluding carboxylic acids is 2. The van der Waals surface area contributed by atoms with Gasteiger partial charge < -0.3 is 25.1 Å². The third-order valence-corrected chi connectivity index (χ3v) is 5.33. The lowest BCUT2D eigenvalue weighted by molar-refractivity contribution is -0.151. The molecule has 0 saturated carbocycles. The summed E-state index contributed by atoms with van der Waals surface area (Å²) in [7, 11) is 1.46. The summed E-state index contributed by atoms with van der Waals surface area (Å²) in [4.78, 5) is 23.8. The Kier molecular flexibility index (Phi) is 15.0. The molecule has 7 heteroatoms. The average Bonchev–Trinajstić information content (AvgIpc) is 2.80. The zero-order valence-corrected chi connectivity index (χ0v) is 19.8. The van der Waals surface area contributed by atoms with Crippen molar-refractivity contribution in [3.05, 3.63) is 23.8 Å². The molecule has 1 rings (SSSR count). The summed E-state index contributed by atoms with van der Waals surface area (Å²) in [6.45, 7) is 2.37. The summed E-state index contributed by atoms with van der Waals surface area (Å²) in [5.74, 6) is -0.601. The largest absolute Gasteiger partial charge is 0.504 e. The first kappa shape index (κ1) is 27.8. The number of carbonyl (C=O) groups is 2. The number of methoxy groups -OCH3 is 1. The maximum atomic E-state index is 11.9. The molecule has 0 spiro atoms. The number of unbranched alkanes of at least 4 members (excludes halogenated alkanes) is 9. The second kappa shape index (κ2) is 17.3.